The van der Waals surface area contributed by atoms with Crippen LogP contribution in [0.25, 0.3) is 0 Å². The predicted molar refractivity (Wildman–Crippen MR) is 68.2 cm³/mol. The Morgan fingerprint density at radius 1 is 1.16 bits per heavy atom. The molecule has 0 atom stereocenters. The molecule has 0 amide bonds. The SMILES string of the molecule is O=[N+]([O-])c1ccccc1S(=O)(=O)OC1CCCCC1. The summed E-state index contributed by atoms with van der Waals surface area (Å²) in [6.45, 7) is 0. The molecule has 2 rings (SSSR count). The minimum Gasteiger partial charge on any atom is -0.263 e. The van der Waals surface area contributed by atoms with Gasteiger partial charge in [0.25, 0.3) is 5.69 Å². The molecule has 1 saturated carbocycles. The van der Waals surface area contributed by atoms with Crippen LogP contribution in [0.4, 0.5) is 5.69 Å². The number of benzene rings is 1. The van der Waals surface area contributed by atoms with Gasteiger partial charge in [-0.05, 0) is 18.9 Å². The van der Waals surface area contributed by atoms with Gasteiger partial charge in [-0.15, -0.1) is 0 Å². The fraction of sp³-hybridized carbons (Fsp3) is 0.500. The van der Waals surface area contributed by atoms with Crippen LogP contribution < -0.4 is 0 Å². The molecule has 1 aliphatic carbocycles. The molecule has 0 spiro atoms. The van der Waals surface area contributed by atoms with Crippen LogP contribution in [-0.4, -0.2) is 19.4 Å². The van der Waals surface area contributed by atoms with Crippen LogP contribution in [0.5, 0.6) is 0 Å². The van der Waals surface area contributed by atoms with Crippen molar-refractivity contribution >= 4 is 15.8 Å². The molecule has 1 aromatic rings. The first-order valence-corrected chi connectivity index (χ1v) is 7.58. The maximum atomic E-state index is 12.1. The normalized spacial score (nSPS) is 17.3. The van der Waals surface area contributed by atoms with E-state index >= 15 is 0 Å². The number of nitro groups is 1. The number of nitro benzene ring substituents is 1. The first-order valence-electron chi connectivity index (χ1n) is 6.17. The largest absolute Gasteiger partial charge is 0.304 e. The van der Waals surface area contributed by atoms with E-state index in [9.17, 15) is 18.5 Å². The maximum Gasteiger partial charge on any atom is 0.304 e. The van der Waals surface area contributed by atoms with Crippen molar-refractivity contribution in [2.24, 2.45) is 0 Å². The van der Waals surface area contributed by atoms with Gasteiger partial charge >= 0.3 is 10.1 Å². The Balaban J connectivity index is 2.26. The quantitative estimate of drug-likeness (QED) is 0.482. The molecule has 0 aliphatic heterocycles. The van der Waals surface area contributed by atoms with Crippen molar-refractivity contribution in [2.45, 2.75) is 43.1 Å². The fourth-order valence-electron chi connectivity index (χ4n) is 2.21. The van der Waals surface area contributed by atoms with Gasteiger partial charge in [0.05, 0.1) is 11.0 Å². The third kappa shape index (κ3) is 3.30. The summed E-state index contributed by atoms with van der Waals surface area (Å²) in [4.78, 5) is 9.77. The molecule has 6 nitrogen and oxygen atoms in total. The highest BCUT2D eigenvalue weighted by Gasteiger charge is 2.29. The van der Waals surface area contributed by atoms with Gasteiger partial charge < -0.3 is 0 Å². The zero-order valence-electron chi connectivity index (χ0n) is 10.3. The van der Waals surface area contributed by atoms with E-state index in [2.05, 4.69) is 0 Å². The minimum absolute atomic E-state index is 0.362. The molecule has 19 heavy (non-hydrogen) atoms. The molecular formula is C12H15NO5S. The Bertz CT molecular complexity index is 563. The van der Waals surface area contributed by atoms with Gasteiger partial charge in [-0.3, -0.25) is 14.3 Å². The zero-order valence-corrected chi connectivity index (χ0v) is 11.1. The van der Waals surface area contributed by atoms with Crippen molar-refractivity contribution in [2.75, 3.05) is 0 Å². The van der Waals surface area contributed by atoms with Crippen molar-refractivity contribution in [3.63, 3.8) is 0 Å². The van der Waals surface area contributed by atoms with E-state index in [-0.39, 0.29) is 11.0 Å². The number of hydrogen-bond donors (Lipinski definition) is 0. The van der Waals surface area contributed by atoms with E-state index in [0.29, 0.717) is 12.8 Å². The van der Waals surface area contributed by atoms with Gasteiger partial charge in [0, 0.05) is 6.07 Å². The van der Waals surface area contributed by atoms with Gasteiger partial charge in [-0.1, -0.05) is 31.4 Å². The van der Waals surface area contributed by atoms with Gasteiger partial charge in [0.2, 0.25) is 0 Å². The fourth-order valence-corrected chi connectivity index (χ4v) is 3.51. The molecule has 0 heterocycles. The highest BCUT2D eigenvalue weighted by atomic mass is 32.2. The summed E-state index contributed by atoms with van der Waals surface area (Å²) < 4.78 is 29.3. The average Bonchev–Trinajstić information content (AvgIpc) is 2.39. The Morgan fingerprint density at radius 3 is 2.42 bits per heavy atom. The molecule has 7 heteroatoms. The molecule has 0 saturated heterocycles. The third-order valence-corrected chi connectivity index (χ3v) is 4.56. The lowest BCUT2D eigenvalue weighted by atomic mass is 9.98. The van der Waals surface area contributed by atoms with E-state index in [0.717, 1.165) is 25.3 Å². The summed E-state index contributed by atoms with van der Waals surface area (Å²) in [5.41, 5.74) is -0.446. The van der Waals surface area contributed by atoms with E-state index < -0.39 is 20.7 Å². The van der Waals surface area contributed by atoms with Crippen LogP contribution in [0.1, 0.15) is 32.1 Å². The van der Waals surface area contributed by atoms with Crippen LogP contribution in [-0.2, 0) is 14.3 Å². The van der Waals surface area contributed by atoms with Crippen molar-refractivity contribution < 1.29 is 17.5 Å². The highest BCUT2D eigenvalue weighted by Crippen LogP contribution is 2.29. The molecule has 1 aromatic carbocycles. The first-order chi connectivity index (χ1) is 9.00. The van der Waals surface area contributed by atoms with Crippen LogP contribution in [0.3, 0.4) is 0 Å². The van der Waals surface area contributed by atoms with Gasteiger partial charge in [0.1, 0.15) is 0 Å². The average molecular weight is 285 g/mol. The molecule has 1 aliphatic rings. The van der Waals surface area contributed by atoms with Gasteiger partial charge in [-0.25, -0.2) is 0 Å². The van der Waals surface area contributed by atoms with Crippen molar-refractivity contribution in [3.8, 4) is 0 Å². The van der Waals surface area contributed by atoms with E-state index in [1.807, 2.05) is 0 Å². The summed E-state index contributed by atoms with van der Waals surface area (Å²) >= 11 is 0. The molecule has 0 radical (unpaired) electrons. The Hall–Kier alpha value is -1.47. The standard InChI is InChI=1S/C12H15NO5S/c14-13(15)11-8-4-5-9-12(11)19(16,17)18-10-6-2-1-3-7-10/h4-5,8-10H,1-3,6-7H2. The lowest BCUT2D eigenvalue weighted by Gasteiger charge is -2.21. The van der Waals surface area contributed by atoms with E-state index in [4.69, 9.17) is 4.18 Å². The molecule has 0 unspecified atom stereocenters. The molecule has 1 fully saturated rings. The minimum atomic E-state index is -4.08. The summed E-state index contributed by atoms with van der Waals surface area (Å²) in [5.74, 6) is 0. The van der Waals surface area contributed by atoms with E-state index in [1.165, 1.54) is 18.2 Å². The maximum absolute atomic E-state index is 12.1. The lowest BCUT2D eigenvalue weighted by molar-refractivity contribution is -0.387. The number of hydrogen-bond acceptors (Lipinski definition) is 5. The molecular weight excluding hydrogens is 270 g/mol. The topological polar surface area (TPSA) is 86.5 Å². The van der Waals surface area contributed by atoms with Crippen molar-refractivity contribution in [1.29, 1.82) is 0 Å². The summed E-state index contributed by atoms with van der Waals surface area (Å²) in [6, 6.07) is 5.25. The summed E-state index contributed by atoms with van der Waals surface area (Å²) in [7, 11) is -4.08. The van der Waals surface area contributed by atoms with Crippen LogP contribution in [0.2, 0.25) is 0 Å². The monoisotopic (exact) mass is 285 g/mol. The second-order valence-electron chi connectivity index (χ2n) is 4.54. The second-order valence-corrected chi connectivity index (χ2v) is 6.08. The predicted octanol–water partition coefficient (Wildman–Crippen LogP) is 2.63. The molecule has 104 valence electrons. The second kappa shape index (κ2) is 5.66. The van der Waals surface area contributed by atoms with Crippen LogP contribution >= 0.6 is 0 Å². The highest BCUT2D eigenvalue weighted by molar-refractivity contribution is 7.87. The number of para-hydroxylation sites is 1. The Kier molecular flexibility index (Phi) is 4.16. The number of nitrogens with zero attached hydrogens (tertiary/aromatic N) is 1. The zero-order chi connectivity index (χ0) is 13.9. The van der Waals surface area contributed by atoms with Crippen molar-refractivity contribution in [3.05, 3.63) is 34.4 Å². The Labute approximate surface area is 111 Å². The number of rotatable bonds is 4. The smallest absolute Gasteiger partial charge is 0.263 e. The summed E-state index contributed by atoms with van der Waals surface area (Å²) in [5, 5.41) is 10.8. The molecule has 0 aromatic heterocycles. The van der Waals surface area contributed by atoms with Crippen LogP contribution in [0.15, 0.2) is 29.2 Å². The molecule has 0 bridgehead atoms. The van der Waals surface area contributed by atoms with Gasteiger partial charge in [0.15, 0.2) is 4.90 Å². The van der Waals surface area contributed by atoms with Crippen molar-refractivity contribution in [1.82, 2.24) is 0 Å². The van der Waals surface area contributed by atoms with Crippen LogP contribution in [0, 0.1) is 10.1 Å². The molecule has 0 N–H and O–H groups in total. The summed E-state index contributed by atoms with van der Waals surface area (Å²) in [6.07, 6.45) is 3.93. The lowest BCUT2D eigenvalue weighted by Crippen LogP contribution is -2.21. The van der Waals surface area contributed by atoms with Gasteiger partial charge in [-0.2, -0.15) is 8.42 Å². The third-order valence-electron chi connectivity index (χ3n) is 3.15. The Morgan fingerprint density at radius 2 is 1.79 bits per heavy atom. The van der Waals surface area contributed by atoms with E-state index in [1.54, 1.807) is 0 Å². The first kappa shape index (κ1) is 14.0.